The number of likely N-dealkylation sites (tertiary alicyclic amines) is 1. The first-order chi connectivity index (χ1) is 13.9. The Hall–Kier alpha value is -2.51. The van der Waals surface area contributed by atoms with Gasteiger partial charge in [-0.3, -0.25) is 4.79 Å². The number of pyridine rings is 1. The zero-order chi connectivity index (χ0) is 20.6. The molecule has 2 aromatic heterocycles. The minimum Gasteiger partial charge on any atom is -0.337 e. The van der Waals surface area contributed by atoms with Crippen LogP contribution in [-0.2, 0) is 21.4 Å². The van der Waals surface area contributed by atoms with Gasteiger partial charge in [0.25, 0.3) is 10.0 Å². The Morgan fingerprint density at radius 3 is 2.93 bits per heavy atom. The van der Waals surface area contributed by atoms with Crippen LogP contribution in [-0.4, -0.2) is 36.8 Å². The summed E-state index contributed by atoms with van der Waals surface area (Å²) in [5, 5.41) is 9.29. The van der Waals surface area contributed by atoms with Crippen molar-refractivity contribution in [2.24, 2.45) is 0 Å². The number of carbonyl (C=O) groups is 1. The summed E-state index contributed by atoms with van der Waals surface area (Å²) in [6, 6.07) is 13.0. The van der Waals surface area contributed by atoms with Crippen molar-refractivity contribution in [1.82, 2.24) is 14.6 Å². The molecule has 148 valence electrons. The normalized spacial score (nSPS) is 17.0. The smallest absolute Gasteiger partial charge is 0.250 e. The maximum absolute atomic E-state index is 12.8. The molecule has 0 saturated carbocycles. The van der Waals surface area contributed by atoms with Gasteiger partial charge in [0.15, 0.2) is 0 Å². The van der Waals surface area contributed by atoms with E-state index in [9.17, 15) is 13.2 Å². The van der Waals surface area contributed by atoms with E-state index in [0.717, 1.165) is 16.9 Å². The number of benzene rings is 1. The Morgan fingerprint density at radius 2 is 2.14 bits per heavy atom. The third kappa shape index (κ3) is 4.11. The van der Waals surface area contributed by atoms with Crippen molar-refractivity contribution in [3.8, 4) is 6.07 Å². The molecule has 0 radical (unpaired) electrons. The van der Waals surface area contributed by atoms with Crippen molar-refractivity contribution in [2.75, 3.05) is 6.54 Å². The minimum absolute atomic E-state index is 0.0928. The molecule has 3 heterocycles. The van der Waals surface area contributed by atoms with Crippen molar-refractivity contribution >= 4 is 49.1 Å². The van der Waals surface area contributed by atoms with Crippen LogP contribution in [0.4, 0.5) is 0 Å². The number of aromatic nitrogens is 1. The maximum Gasteiger partial charge on any atom is 0.250 e. The number of thiophene rings is 1. The zero-order valence-electron chi connectivity index (χ0n) is 15.0. The van der Waals surface area contributed by atoms with Crippen LogP contribution in [0.25, 0.3) is 10.2 Å². The number of nitrogens with one attached hydrogen (secondary N) is 1. The molecule has 1 saturated heterocycles. The van der Waals surface area contributed by atoms with Crippen molar-refractivity contribution in [1.29, 1.82) is 5.26 Å². The van der Waals surface area contributed by atoms with Crippen LogP contribution in [0.15, 0.2) is 46.7 Å². The number of rotatable bonds is 5. The first kappa shape index (κ1) is 19.8. The van der Waals surface area contributed by atoms with Crippen LogP contribution in [0.5, 0.6) is 0 Å². The maximum atomic E-state index is 12.8. The van der Waals surface area contributed by atoms with Crippen molar-refractivity contribution < 1.29 is 13.2 Å². The van der Waals surface area contributed by atoms with Gasteiger partial charge in [-0.1, -0.05) is 23.7 Å². The fraction of sp³-hybridized carbons (Fsp3) is 0.211. The summed E-state index contributed by atoms with van der Waals surface area (Å²) in [5.41, 5.74) is 1.85. The number of nitrogens with zero attached hydrogens (tertiary/aromatic N) is 3. The first-order valence-corrected chi connectivity index (χ1v) is 11.4. The van der Waals surface area contributed by atoms with E-state index in [2.05, 4.69) is 15.8 Å². The molecule has 1 atom stereocenters. The number of nitriles is 1. The molecule has 0 unspecified atom stereocenters. The highest BCUT2D eigenvalue weighted by Crippen LogP contribution is 2.29. The Kier molecular flexibility index (Phi) is 5.27. The van der Waals surface area contributed by atoms with E-state index < -0.39 is 16.1 Å². The molecule has 0 spiro atoms. The molecule has 29 heavy (non-hydrogen) atoms. The predicted molar refractivity (Wildman–Crippen MR) is 110 cm³/mol. The molecule has 1 aliphatic rings. The summed E-state index contributed by atoms with van der Waals surface area (Å²) in [6.07, 6.45) is 0.380. The lowest BCUT2D eigenvalue weighted by Crippen LogP contribution is -2.41. The monoisotopic (exact) mass is 446 g/mol. The second kappa shape index (κ2) is 7.72. The van der Waals surface area contributed by atoms with E-state index in [4.69, 9.17) is 16.9 Å². The standard InChI is InChI=1S/C19H15ClN4O3S2/c20-17-5-4-16-15(22-17)9-18(28-16)29(26,27)23-14-6-7-24(19(14)25)11-13-3-1-2-12(8-13)10-21/h1-5,8-9,14,23H,6-7,11H2/t14-/m0/s1. The summed E-state index contributed by atoms with van der Waals surface area (Å²) in [7, 11) is -3.86. The molecule has 0 bridgehead atoms. The van der Waals surface area contributed by atoms with Gasteiger partial charge in [0.05, 0.1) is 21.8 Å². The van der Waals surface area contributed by atoms with Gasteiger partial charge in [0, 0.05) is 13.1 Å². The second-order valence-corrected chi connectivity index (χ2v) is 10.0. The molecule has 4 rings (SSSR count). The Labute approximate surface area is 176 Å². The highest BCUT2D eigenvalue weighted by Gasteiger charge is 2.35. The van der Waals surface area contributed by atoms with Crippen LogP contribution in [0.3, 0.4) is 0 Å². The minimum atomic E-state index is -3.86. The molecule has 7 nitrogen and oxygen atoms in total. The number of hydrogen-bond acceptors (Lipinski definition) is 6. The summed E-state index contributed by atoms with van der Waals surface area (Å²) in [4.78, 5) is 18.4. The molecular weight excluding hydrogens is 432 g/mol. The molecule has 10 heteroatoms. The highest BCUT2D eigenvalue weighted by atomic mass is 35.5. The molecular formula is C19H15ClN4O3S2. The lowest BCUT2D eigenvalue weighted by atomic mass is 10.1. The Morgan fingerprint density at radius 1 is 1.31 bits per heavy atom. The SMILES string of the molecule is N#Cc1cccc(CN2CC[C@H](NS(=O)(=O)c3cc4nc(Cl)ccc4s3)C2=O)c1. The highest BCUT2D eigenvalue weighted by molar-refractivity contribution is 7.91. The third-order valence-corrected chi connectivity index (χ3v) is 7.85. The van der Waals surface area contributed by atoms with Gasteiger partial charge in [0.2, 0.25) is 5.91 Å². The molecule has 0 aliphatic carbocycles. The number of fused-ring (bicyclic) bond motifs is 1. The number of sulfonamides is 1. The van der Waals surface area contributed by atoms with Crippen LogP contribution < -0.4 is 4.72 Å². The quantitative estimate of drug-likeness (QED) is 0.607. The number of hydrogen-bond donors (Lipinski definition) is 1. The summed E-state index contributed by atoms with van der Waals surface area (Å²) in [5.74, 6) is -0.279. The van der Waals surface area contributed by atoms with Crippen LogP contribution in [0.1, 0.15) is 17.5 Å². The van der Waals surface area contributed by atoms with Gasteiger partial charge in [-0.15, -0.1) is 11.3 Å². The number of halogens is 1. The zero-order valence-corrected chi connectivity index (χ0v) is 17.4. The van der Waals surface area contributed by atoms with Gasteiger partial charge in [-0.2, -0.15) is 9.98 Å². The lowest BCUT2D eigenvalue weighted by Gasteiger charge is -2.17. The molecule has 1 aromatic carbocycles. The van der Waals surface area contributed by atoms with Gasteiger partial charge in [-0.05, 0) is 42.3 Å². The lowest BCUT2D eigenvalue weighted by molar-refractivity contribution is -0.129. The van der Waals surface area contributed by atoms with Gasteiger partial charge >= 0.3 is 0 Å². The van der Waals surface area contributed by atoms with Crippen LogP contribution >= 0.6 is 22.9 Å². The average molecular weight is 447 g/mol. The van der Waals surface area contributed by atoms with Crippen LogP contribution in [0.2, 0.25) is 5.15 Å². The van der Waals surface area contributed by atoms with E-state index in [1.54, 1.807) is 35.2 Å². The van der Waals surface area contributed by atoms with Gasteiger partial charge in [0.1, 0.15) is 15.4 Å². The first-order valence-electron chi connectivity index (χ1n) is 8.72. The third-order valence-electron chi connectivity index (χ3n) is 4.61. The number of amides is 1. The van der Waals surface area contributed by atoms with E-state index in [1.165, 1.54) is 6.07 Å². The topological polar surface area (TPSA) is 103 Å². The Bertz CT molecular complexity index is 1250. The van der Waals surface area contributed by atoms with Crippen molar-refractivity contribution in [2.45, 2.75) is 23.2 Å². The Balaban J connectivity index is 1.48. The molecule has 1 N–H and O–H groups in total. The second-order valence-electron chi connectivity index (χ2n) is 6.62. The number of carbonyl (C=O) groups excluding carboxylic acids is 1. The van der Waals surface area contributed by atoms with E-state index >= 15 is 0 Å². The molecule has 1 fully saturated rings. The summed E-state index contributed by atoms with van der Waals surface area (Å²) >= 11 is 6.94. The summed E-state index contributed by atoms with van der Waals surface area (Å²) < 4.78 is 28.8. The van der Waals surface area contributed by atoms with Crippen molar-refractivity contribution in [3.63, 3.8) is 0 Å². The molecule has 1 amide bonds. The van der Waals surface area contributed by atoms with Gasteiger partial charge in [-0.25, -0.2) is 13.4 Å². The summed E-state index contributed by atoms with van der Waals surface area (Å²) in [6.45, 7) is 0.768. The van der Waals surface area contributed by atoms with Crippen molar-refractivity contribution in [3.05, 3.63) is 58.7 Å². The van der Waals surface area contributed by atoms with Crippen LogP contribution in [0, 0.1) is 11.3 Å². The largest absolute Gasteiger partial charge is 0.337 e. The fourth-order valence-electron chi connectivity index (χ4n) is 3.22. The van der Waals surface area contributed by atoms with Gasteiger partial charge < -0.3 is 4.90 Å². The van der Waals surface area contributed by atoms with E-state index in [-0.39, 0.29) is 15.3 Å². The predicted octanol–water partition coefficient (Wildman–Crippen LogP) is 2.90. The molecule has 1 aliphatic heterocycles. The molecule has 3 aromatic rings. The van der Waals surface area contributed by atoms with E-state index in [1.807, 2.05) is 6.07 Å². The fourth-order valence-corrected chi connectivity index (χ4v) is 5.93. The average Bonchev–Trinajstić information content (AvgIpc) is 3.27. The van der Waals surface area contributed by atoms with E-state index in [0.29, 0.717) is 35.3 Å².